The van der Waals surface area contributed by atoms with Gasteiger partial charge in [0.2, 0.25) is 0 Å². The average molecular weight is 271 g/mol. The molecule has 2 heterocycles. The Labute approximate surface area is 99.4 Å². The highest BCUT2D eigenvalue weighted by Gasteiger charge is 2.43. The average Bonchev–Trinajstić information content (AvgIpc) is 2.54. The van der Waals surface area contributed by atoms with E-state index in [0.29, 0.717) is 0 Å². The second-order valence-electron chi connectivity index (χ2n) is 4.52. The first kappa shape index (κ1) is 13.3. The van der Waals surface area contributed by atoms with Crippen LogP contribution in [0.4, 0.5) is 26.3 Å². The zero-order chi connectivity index (χ0) is 13.7. The smallest absolute Gasteiger partial charge is 0.348 e. The van der Waals surface area contributed by atoms with Crippen molar-refractivity contribution in [2.75, 3.05) is 0 Å². The van der Waals surface area contributed by atoms with Crippen LogP contribution in [0.3, 0.4) is 0 Å². The topological polar surface area (TPSA) is 4.93 Å². The first-order chi connectivity index (χ1) is 8.10. The third kappa shape index (κ3) is 2.22. The summed E-state index contributed by atoms with van der Waals surface area (Å²) in [6.07, 6.45) is -9.40. The first-order valence-electron chi connectivity index (χ1n) is 5.43. The fourth-order valence-corrected chi connectivity index (χ4v) is 2.40. The van der Waals surface area contributed by atoms with Gasteiger partial charge in [0.05, 0.1) is 11.5 Å². The standard InChI is InChI=1S/C11H11F6N/c1-6-9(11(15,16)17)5-8-4-7(10(12,13)14)2-3-18(6)8/h5,7H,2-4H2,1H3. The van der Waals surface area contributed by atoms with Crippen molar-refractivity contribution < 1.29 is 26.3 Å². The molecule has 1 aliphatic rings. The molecule has 0 amide bonds. The fraction of sp³-hybridized carbons (Fsp3) is 0.636. The van der Waals surface area contributed by atoms with Gasteiger partial charge in [-0.3, -0.25) is 0 Å². The summed E-state index contributed by atoms with van der Waals surface area (Å²) in [7, 11) is 0. The van der Waals surface area contributed by atoms with Gasteiger partial charge in [0.1, 0.15) is 0 Å². The number of fused-ring (bicyclic) bond motifs is 1. The summed E-state index contributed by atoms with van der Waals surface area (Å²) in [6, 6.07) is 0.841. The molecular formula is C11H11F6N. The summed E-state index contributed by atoms with van der Waals surface area (Å²) in [5.74, 6) is -1.54. The molecule has 1 aliphatic heterocycles. The normalized spacial score (nSPS) is 20.9. The Morgan fingerprint density at radius 2 is 1.78 bits per heavy atom. The Bertz CT molecular complexity index is 453. The van der Waals surface area contributed by atoms with Crippen molar-refractivity contribution in [3.05, 3.63) is 23.0 Å². The molecule has 0 saturated heterocycles. The molecule has 1 nitrogen and oxygen atoms in total. The van der Waals surface area contributed by atoms with Crippen molar-refractivity contribution in [1.82, 2.24) is 4.57 Å². The number of halogens is 6. The molecule has 7 heteroatoms. The summed E-state index contributed by atoms with van der Waals surface area (Å²) >= 11 is 0. The van der Waals surface area contributed by atoms with Crippen molar-refractivity contribution in [2.45, 2.75) is 38.7 Å². The van der Waals surface area contributed by atoms with Crippen LogP contribution >= 0.6 is 0 Å². The zero-order valence-electron chi connectivity index (χ0n) is 9.49. The molecule has 18 heavy (non-hydrogen) atoms. The van der Waals surface area contributed by atoms with Gasteiger partial charge >= 0.3 is 12.4 Å². The second-order valence-corrected chi connectivity index (χ2v) is 4.52. The van der Waals surface area contributed by atoms with E-state index in [9.17, 15) is 26.3 Å². The molecule has 0 aliphatic carbocycles. The predicted octanol–water partition coefficient (Wildman–Crippen LogP) is 3.94. The molecule has 1 atom stereocenters. The highest BCUT2D eigenvalue weighted by atomic mass is 19.4. The van der Waals surface area contributed by atoms with E-state index in [2.05, 4.69) is 0 Å². The molecule has 0 radical (unpaired) electrons. The van der Waals surface area contributed by atoms with Gasteiger partial charge < -0.3 is 4.57 Å². The first-order valence-corrected chi connectivity index (χ1v) is 5.43. The molecule has 0 N–H and O–H groups in total. The van der Waals surface area contributed by atoms with Gasteiger partial charge in [-0.05, 0) is 25.8 Å². The van der Waals surface area contributed by atoms with Gasteiger partial charge in [0.25, 0.3) is 0 Å². The summed E-state index contributed by atoms with van der Waals surface area (Å²) < 4.78 is 76.9. The minimum absolute atomic E-state index is 0.00174. The number of alkyl halides is 6. The second kappa shape index (κ2) is 3.93. The van der Waals surface area contributed by atoms with Gasteiger partial charge in [-0.1, -0.05) is 0 Å². The summed E-state index contributed by atoms with van der Waals surface area (Å²) in [6.45, 7) is 1.28. The molecule has 0 bridgehead atoms. The fourth-order valence-electron chi connectivity index (χ4n) is 2.40. The minimum Gasteiger partial charge on any atom is -0.348 e. The van der Waals surface area contributed by atoms with Crippen LogP contribution in [0.1, 0.15) is 23.4 Å². The van der Waals surface area contributed by atoms with E-state index < -0.39 is 23.8 Å². The van der Waals surface area contributed by atoms with E-state index in [0.717, 1.165) is 6.07 Å². The van der Waals surface area contributed by atoms with Crippen LogP contribution in [0, 0.1) is 12.8 Å². The Morgan fingerprint density at radius 3 is 2.28 bits per heavy atom. The molecule has 0 aromatic carbocycles. The number of rotatable bonds is 0. The van der Waals surface area contributed by atoms with Crippen molar-refractivity contribution >= 4 is 0 Å². The quantitative estimate of drug-likeness (QED) is 0.630. The third-order valence-electron chi connectivity index (χ3n) is 3.38. The van der Waals surface area contributed by atoms with Gasteiger partial charge in [-0.15, -0.1) is 0 Å². The van der Waals surface area contributed by atoms with Crippen LogP contribution in [0.2, 0.25) is 0 Å². The molecule has 0 saturated carbocycles. The lowest BCUT2D eigenvalue weighted by Crippen LogP contribution is -2.31. The zero-order valence-corrected chi connectivity index (χ0v) is 9.49. The molecule has 102 valence electrons. The van der Waals surface area contributed by atoms with Crippen molar-refractivity contribution in [3.8, 4) is 0 Å². The van der Waals surface area contributed by atoms with E-state index >= 15 is 0 Å². The van der Waals surface area contributed by atoms with Crippen LogP contribution in [0.5, 0.6) is 0 Å². The Kier molecular flexibility index (Phi) is 2.90. The monoisotopic (exact) mass is 271 g/mol. The number of aromatic nitrogens is 1. The highest BCUT2D eigenvalue weighted by molar-refractivity contribution is 5.31. The summed E-state index contributed by atoms with van der Waals surface area (Å²) in [5, 5.41) is 0. The number of hydrogen-bond acceptors (Lipinski definition) is 0. The predicted molar refractivity (Wildman–Crippen MR) is 52.0 cm³/mol. The van der Waals surface area contributed by atoms with Crippen molar-refractivity contribution in [1.29, 1.82) is 0 Å². The maximum absolute atomic E-state index is 12.6. The lowest BCUT2D eigenvalue weighted by molar-refractivity contribution is -0.179. The maximum atomic E-state index is 12.6. The van der Waals surface area contributed by atoms with E-state index in [1.165, 1.54) is 11.5 Å². The number of hydrogen-bond donors (Lipinski definition) is 0. The lowest BCUT2D eigenvalue weighted by Gasteiger charge is -2.27. The maximum Gasteiger partial charge on any atom is 0.418 e. The highest BCUT2D eigenvalue weighted by Crippen LogP contribution is 2.40. The van der Waals surface area contributed by atoms with Crippen molar-refractivity contribution in [3.63, 3.8) is 0 Å². The van der Waals surface area contributed by atoms with Crippen LogP contribution < -0.4 is 0 Å². The van der Waals surface area contributed by atoms with Gasteiger partial charge in [-0.2, -0.15) is 26.3 Å². The number of nitrogens with zero attached hydrogens (tertiary/aromatic N) is 1. The van der Waals surface area contributed by atoms with E-state index in [1.807, 2.05) is 0 Å². The van der Waals surface area contributed by atoms with Gasteiger partial charge in [0, 0.05) is 17.9 Å². The molecule has 2 rings (SSSR count). The largest absolute Gasteiger partial charge is 0.418 e. The van der Waals surface area contributed by atoms with Gasteiger partial charge in [-0.25, -0.2) is 0 Å². The van der Waals surface area contributed by atoms with Crippen LogP contribution in [0.25, 0.3) is 0 Å². The molecule has 0 spiro atoms. The minimum atomic E-state index is -4.51. The Balaban J connectivity index is 2.35. The van der Waals surface area contributed by atoms with Crippen LogP contribution in [-0.2, 0) is 19.1 Å². The van der Waals surface area contributed by atoms with Crippen LogP contribution in [0.15, 0.2) is 6.07 Å². The summed E-state index contributed by atoms with van der Waals surface area (Å²) in [5.41, 5.74) is -0.716. The van der Waals surface area contributed by atoms with Crippen LogP contribution in [-0.4, -0.2) is 10.7 Å². The molecule has 1 aromatic rings. The molecule has 1 unspecified atom stereocenters. The summed E-state index contributed by atoms with van der Waals surface area (Å²) in [4.78, 5) is 0. The van der Waals surface area contributed by atoms with E-state index in [4.69, 9.17) is 0 Å². The Morgan fingerprint density at radius 1 is 1.17 bits per heavy atom. The SMILES string of the molecule is Cc1c(C(F)(F)F)cc2n1CCC(C(F)(F)F)C2. The molecule has 0 fully saturated rings. The van der Waals surface area contributed by atoms with Gasteiger partial charge in [0.15, 0.2) is 0 Å². The molecule has 1 aromatic heterocycles. The third-order valence-corrected chi connectivity index (χ3v) is 3.38. The van der Waals surface area contributed by atoms with E-state index in [1.54, 1.807) is 0 Å². The van der Waals surface area contributed by atoms with Crippen molar-refractivity contribution in [2.24, 2.45) is 5.92 Å². The molecular weight excluding hydrogens is 260 g/mol. The lowest BCUT2D eigenvalue weighted by atomic mass is 9.95. The van der Waals surface area contributed by atoms with E-state index in [-0.39, 0.29) is 30.8 Å². The Hall–Kier alpha value is -1.14.